The van der Waals surface area contributed by atoms with Crippen LogP contribution in [0.1, 0.15) is 37.9 Å². The molecule has 0 amide bonds. The summed E-state index contributed by atoms with van der Waals surface area (Å²) < 4.78 is 4.23. The van der Waals surface area contributed by atoms with Gasteiger partial charge in [-0.15, -0.1) is 0 Å². The quantitative estimate of drug-likeness (QED) is 0.383. The summed E-state index contributed by atoms with van der Waals surface area (Å²) >= 11 is 0. The Morgan fingerprint density at radius 2 is 2.00 bits per heavy atom. The lowest BCUT2D eigenvalue weighted by atomic mass is 10.1. The van der Waals surface area contributed by atoms with E-state index in [0.29, 0.717) is 6.42 Å². The van der Waals surface area contributed by atoms with Gasteiger partial charge in [0.25, 0.3) is 5.82 Å². The molecule has 0 fully saturated rings. The van der Waals surface area contributed by atoms with Crippen LogP contribution in [-0.2, 0) is 23.2 Å². The lowest BCUT2D eigenvalue weighted by Crippen LogP contribution is -2.29. The van der Waals surface area contributed by atoms with Crippen LogP contribution in [0.5, 0.6) is 0 Å². The first-order valence-electron chi connectivity index (χ1n) is 6.28. The summed E-state index contributed by atoms with van der Waals surface area (Å²) in [6.45, 7) is 2.97. The Labute approximate surface area is 107 Å². The van der Waals surface area contributed by atoms with Gasteiger partial charge in [0.1, 0.15) is 24.6 Å². The minimum absolute atomic E-state index is 0.0609. The van der Waals surface area contributed by atoms with Crippen molar-refractivity contribution in [2.75, 3.05) is 0 Å². The number of Topliss-reactive ketones (excluding diaryl/α,β-unsaturated/α-hetero) is 1. The molecule has 0 aliphatic rings. The third kappa shape index (κ3) is 4.69. The van der Waals surface area contributed by atoms with Crippen molar-refractivity contribution < 1.29 is 19.3 Å². The first-order chi connectivity index (χ1) is 8.50. The highest BCUT2D eigenvalue weighted by Crippen LogP contribution is 2.04. The highest BCUT2D eigenvalue weighted by molar-refractivity contribution is 5.82. The average molecular weight is 254 g/mol. The van der Waals surface area contributed by atoms with Crippen molar-refractivity contribution in [3.63, 3.8) is 0 Å². The van der Waals surface area contributed by atoms with Crippen LogP contribution in [0.15, 0.2) is 12.4 Å². The van der Waals surface area contributed by atoms with Gasteiger partial charge in [-0.1, -0.05) is 0 Å². The van der Waals surface area contributed by atoms with Gasteiger partial charge in [-0.2, -0.15) is 0 Å². The topological polar surface area (TPSA) is 65.8 Å². The molecule has 18 heavy (non-hydrogen) atoms. The fraction of sp³-hybridized carbons (Fsp3) is 0.615. The van der Waals surface area contributed by atoms with Crippen molar-refractivity contribution in [2.24, 2.45) is 7.05 Å². The Bertz CT molecular complexity index is 424. The van der Waals surface area contributed by atoms with E-state index in [1.54, 1.807) is 0 Å². The Kier molecular flexibility index (Phi) is 5.55. The predicted octanol–water partition coefficient (Wildman–Crippen LogP) is 0.392. The Balaban J connectivity index is 2.17. The molecule has 0 bridgehead atoms. The van der Waals surface area contributed by atoms with Crippen LogP contribution in [0.2, 0.25) is 0 Å². The summed E-state index contributed by atoms with van der Waals surface area (Å²) in [6, 6.07) is 0. The first kappa shape index (κ1) is 14.4. The lowest BCUT2D eigenvalue weighted by Gasteiger charge is -2.00. The number of unbranched alkanes of at least 4 members (excludes halogenated alkanes) is 1. The van der Waals surface area contributed by atoms with E-state index >= 15 is 0 Å². The van der Waals surface area contributed by atoms with E-state index < -0.39 is 5.97 Å². The fourth-order valence-electron chi connectivity index (χ4n) is 1.82. The van der Waals surface area contributed by atoms with E-state index in [9.17, 15) is 9.59 Å². The minimum Gasteiger partial charge on any atom is -0.565 e. The Morgan fingerprint density at radius 3 is 2.56 bits per heavy atom. The molecule has 100 valence electrons. The molecule has 0 aromatic carbocycles. The van der Waals surface area contributed by atoms with Gasteiger partial charge in [-0.3, -0.25) is 4.79 Å². The summed E-state index contributed by atoms with van der Waals surface area (Å²) in [5.74, 6) is 0.630. The summed E-state index contributed by atoms with van der Waals surface area (Å²) in [4.78, 5) is 21.8. The molecule has 1 heterocycles. The maximum Gasteiger partial charge on any atom is 0.516 e. The number of ketones is 1. The third-order valence-corrected chi connectivity index (χ3v) is 3.13. The van der Waals surface area contributed by atoms with Gasteiger partial charge in [-0.05, 0) is 12.8 Å². The molecule has 5 heteroatoms. The largest absolute Gasteiger partial charge is 0.565 e. The maximum absolute atomic E-state index is 11.4. The van der Waals surface area contributed by atoms with Gasteiger partial charge >= 0.3 is 5.97 Å². The van der Waals surface area contributed by atoms with Gasteiger partial charge in [0.05, 0.1) is 13.6 Å². The number of nitrogens with zero attached hydrogens (tertiary/aromatic N) is 2. The molecule has 0 aliphatic heterocycles. The number of carbonyl (C=O) groups excluding carboxylic acids is 2. The normalized spacial score (nSPS) is 10.6. The first-order valence-corrected chi connectivity index (χ1v) is 6.28. The van der Waals surface area contributed by atoms with Crippen molar-refractivity contribution >= 4 is 11.8 Å². The average Bonchev–Trinajstić information content (AvgIpc) is 2.63. The van der Waals surface area contributed by atoms with Crippen LogP contribution >= 0.6 is 0 Å². The number of aryl methyl sites for hydroxylation is 2. The zero-order valence-corrected chi connectivity index (χ0v) is 11.1. The standard InChI is InChI=1S/C13H20N2O3/c1-11-14(2)9-10-15(11)8-4-3-5-12(16)6-7-13(17)18/h9-10H,3-8H2,1-2H3/p+2. The molecule has 1 aromatic rings. The molecule has 0 radical (unpaired) electrons. The molecule has 0 spiro atoms. The fourth-order valence-corrected chi connectivity index (χ4v) is 1.82. The number of hydrogen-bond donors (Lipinski definition) is 0. The van der Waals surface area contributed by atoms with Crippen LogP contribution in [-0.4, -0.2) is 21.4 Å². The van der Waals surface area contributed by atoms with Gasteiger partial charge < -0.3 is 5.11 Å². The molecule has 0 unspecified atom stereocenters. The summed E-state index contributed by atoms with van der Waals surface area (Å²) in [5, 5.41) is 6.73. The molecule has 1 aromatic heterocycles. The van der Waals surface area contributed by atoms with Crippen molar-refractivity contribution in [3.05, 3.63) is 18.2 Å². The monoisotopic (exact) mass is 254 g/mol. The molecule has 0 atom stereocenters. The van der Waals surface area contributed by atoms with Crippen molar-refractivity contribution in [1.82, 2.24) is 4.57 Å². The second-order valence-electron chi connectivity index (χ2n) is 4.57. The molecule has 0 saturated heterocycles. The molecular formula is C13H22N2O3+2. The molecule has 0 saturated carbocycles. The van der Waals surface area contributed by atoms with E-state index in [2.05, 4.69) is 16.1 Å². The van der Waals surface area contributed by atoms with Crippen LogP contribution in [0.25, 0.3) is 0 Å². The third-order valence-electron chi connectivity index (χ3n) is 3.13. The molecule has 2 N–H and O–H groups in total. The molecular weight excluding hydrogens is 232 g/mol. The summed E-state index contributed by atoms with van der Waals surface area (Å²) in [5.41, 5.74) is 0. The lowest BCUT2D eigenvalue weighted by molar-refractivity contribution is -0.677. The van der Waals surface area contributed by atoms with Crippen LogP contribution < -0.4 is 4.57 Å². The number of aromatic nitrogens is 2. The second kappa shape index (κ2) is 6.93. The van der Waals surface area contributed by atoms with Crippen molar-refractivity contribution in [1.29, 1.82) is 0 Å². The highest BCUT2D eigenvalue weighted by Gasteiger charge is 2.11. The van der Waals surface area contributed by atoms with Gasteiger partial charge in [-0.25, -0.2) is 9.13 Å². The molecule has 5 nitrogen and oxygen atoms in total. The second-order valence-corrected chi connectivity index (χ2v) is 4.57. The van der Waals surface area contributed by atoms with E-state index in [4.69, 9.17) is 5.11 Å². The van der Waals surface area contributed by atoms with Crippen molar-refractivity contribution in [2.45, 2.75) is 45.6 Å². The number of rotatable bonds is 8. The summed E-state index contributed by atoms with van der Waals surface area (Å²) in [6.07, 6.45) is 6.64. The van der Waals surface area contributed by atoms with Crippen LogP contribution in [0, 0.1) is 6.92 Å². The van der Waals surface area contributed by atoms with E-state index in [0.717, 1.165) is 19.4 Å². The summed E-state index contributed by atoms with van der Waals surface area (Å²) in [7, 11) is 2.01. The zero-order chi connectivity index (χ0) is 13.5. The van der Waals surface area contributed by atoms with E-state index in [1.165, 1.54) is 5.82 Å². The Morgan fingerprint density at radius 1 is 1.28 bits per heavy atom. The number of carbonyl (C=O) groups is 2. The van der Waals surface area contributed by atoms with Crippen LogP contribution in [0.3, 0.4) is 0 Å². The molecule has 0 aliphatic carbocycles. The zero-order valence-electron chi connectivity index (χ0n) is 11.1. The van der Waals surface area contributed by atoms with Crippen LogP contribution in [0.4, 0.5) is 0 Å². The van der Waals surface area contributed by atoms with E-state index in [1.807, 2.05) is 19.4 Å². The SMILES string of the molecule is Cc1n(CCCCC(=O)CCC(=O)[OH2+])cc[n+]1C. The maximum atomic E-state index is 11.4. The van der Waals surface area contributed by atoms with Gasteiger partial charge in [0.2, 0.25) is 0 Å². The predicted molar refractivity (Wildman–Crippen MR) is 67.1 cm³/mol. The Hall–Kier alpha value is -1.65. The van der Waals surface area contributed by atoms with Crippen molar-refractivity contribution in [3.8, 4) is 0 Å². The van der Waals surface area contributed by atoms with E-state index in [-0.39, 0.29) is 18.6 Å². The highest BCUT2D eigenvalue weighted by atomic mass is 16.4. The van der Waals surface area contributed by atoms with Gasteiger partial charge in [0, 0.05) is 24.6 Å². The minimum atomic E-state index is -0.654. The smallest absolute Gasteiger partial charge is 0.516 e. The van der Waals surface area contributed by atoms with Gasteiger partial charge in [0.15, 0.2) is 0 Å². The molecule has 1 rings (SSSR count). The number of imidazole rings is 1. The number of hydrogen-bond acceptors (Lipinski definition) is 2.